The zero-order chi connectivity index (χ0) is 14.7. The molecule has 0 fully saturated rings. The van der Waals surface area contributed by atoms with Crippen LogP contribution in [0.3, 0.4) is 0 Å². The number of carbonyl (C=O) groups excluding carboxylic acids is 2. The lowest BCUT2D eigenvalue weighted by molar-refractivity contribution is -0.152. The summed E-state index contributed by atoms with van der Waals surface area (Å²) in [4.78, 5) is 22.6. The van der Waals surface area contributed by atoms with Gasteiger partial charge < -0.3 is 31.3 Å². The number of carbonyl (C=O) groups is 2. The van der Waals surface area contributed by atoms with Crippen LogP contribution in [0.5, 0.6) is 0 Å². The molecule has 5 atom stereocenters. The quantitative estimate of drug-likeness (QED) is 0.264. The fourth-order valence-corrected chi connectivity index (χ4v) is 1.11. The predicted molar refractivity (Wildman–Crippen MR) is 66.3 cm³/mol. The van der Waals surface area contributed by atoms with Crippen LogP contribution in [0, 0.1) is 6.92 Å². The van der Waals surface area contributed by atoms with E-state index in [1.165, 1.54) is 0 Å². The van der Waals surface area contributed by atoms with Crippen LogP contribution in [-0.2, 0) is 9.59 Å². The third-order valence-electron chi connectivity index (χ3n) is 2.59. The average Bonchev–Trinajstić information content (AvgIpc) is 2.33. The van der Waals surface area contributed by atoms with Gasteiger partial charge in [0.1, 0.15) is 30.0 Å². The van der Waals surface area contributed by atoms with Crippen LogP contribution >= 0.6 is 12.4 Å². The molecule has 0 aromatic carbocycles. The van der Waals surface area contributed by atoms with Crippen molar-refractivity contribution in [3.05, 3.63) is 6.92 Å². The Morgan fingerprint density at radius 1 is 1.21 bits per heavy atom. The molecule has 0 amide bonds. The molecule has 9 heteroatoms. The van der Waals surface area contributed by atoms with E-state index in [0.29, 0.717) is 0 Å². The topological polar surface area (TPSA) is 161 Å². The first-order valence-corrected chi connectivity index (χ1v) is 5.10. The van der Waals surface area contributed by atoms with Gasteiger partial charge in [-0.15, -0.1) is 12.4 Å². The smallest absolute Gasteiger partial charge is 0.191 e. The minimum atomic E-state index is -2.26. The minimum Gasteiger partial charge on any atom is -0.394 e. The van der Waals surface area contributed by atoms with E-state index in [4.69, 9.17) is 15.9 Å². The molecule has 7 N–H and O–H groups in total. The summed E-state index contributed by atoms with van der Waals surface area (Å²) in [6.07, 6.45) is -8.05. The first kappa shape index (κ1) is 20.7. The standard InChI is InChI=1S/C10H18NO7.ClH/c1-4(13)10(2,11)9(18)8(17)7(16)6(15)5(14)3-12;/h5-8,12,14-17H,2-3,11H2,1H3;1H/t5-,6-,7+,8-,10?;/m1./s1. The molecule has 0 aliphatic heterocycles. The first-order valence-electron chi connectivity index (χ1n) is 5.10. The molecule has 0 bridgehead atoms. The van der Waals surface area contributed by atoms with Gasteiger partial charge in [0.15, 0.2) is 11.6 Å². The second-order valence-corrected chi connectivity index (χ2v) is 4.07. The maximum atomic E-state index is 11.6. The molecule has 0 saturated heterocycles. The number of hydrogen-bond acceptors (Lipinski definition) is 8. The Bertz CT molecular complexity index is 323. The molecule has 0 aromatic heterocycles. The van der Waals surface area contributed by atoms with E-state index in [0.717, 1.165) is 6.92 Å². The highest BCUT2D eigenvalue weighted by atomic mass is 35.5. The summed E-state index contributed by atoms with van der Waals surface area (Å²) in [5.74, 6) is -2.14. The number of ketones is 2. The summed E-state index contributed by atoms with van der Waals surface area (Å²) in [5, 5.41) is 45.8. The van der Waals surface area contributed by atoms with E-state index in [1.54, 1.807) is 0 Å². The summed E-state index contributed by atoms with van der Waals surface area (Å²) >= 11 is 0. The fourth-order valence-electron chi connectivity index (χ4n) is 1.11. The molecule has 0 aliphatic carbocycles. The second kappa shape index (κ2) is 7.85. The number of aliphatic hydroxyl groups excluding tert-OH is 5. The van der Waals surface area contributed by atoms with Crippen molar-refractivity contribution in [2.75, 3.05) is 6.61 Å². The molecular weight excluding hydrogens is 282 g/mol. The number of halogens is 1. The Morgan fingerprint density at radius 2 is 1.63 bits per heavy atom. The van der Waals surface area contributed by atoms with Crippen molar-refractivity contribution in [3.8, 4) is 0 Å². The third-order valence-corrected chi connectivity index (χ3v) is 2.59. The molecule has 1 unspecified atom stereocenters. The van der Waals surface area contributed by atoms with Gasteiger partial charge in [0.2, 0.25) is 0 Å². The summed E-state index contributed by atoms with van der Waals surface area (Å²) in [5.41, 5.74) is 3.02. The Kier molecular flexibility index (Phi) is 8.56. The molecule has 8 nitrogen and oxygen atoms in total. The van der Waals surface area contributed by atoms with E-state index in [-0.39, 0.29) is 12.4 Å². The SMILES string of the molecule is Cl.[CH2]C(N)(C(C)=O)C(=O)[C@H](O)[C@@H](O)[C@H](O)[C@H](O)CO. The van der Waals surface area contributed by atoms with Gasteiger partial charge >= 0.3 is 0 Å². The lowest BCUT2D eigenvalue weighted by Gasteiger charge is -2.29. The van der Waals surface area contributed by atoms with Gasteiger partial charge in [-0.25, -0.2) is 0 Å². The second-order valence-electron chi connectivity index (χ2n) is 4.07. The highest BCUT2D eigenvalue weighted by Gasteiger charge is 2.43. The Hall–Kier alpha value is -0.610. The number of aliphatic hydroxyl groups is 5. The van der Waals surface area contributed by atoms with E-state index in [2.05, 4.69) is 6.92 Å². The maximum absolute atomic E-state index is 11.6. The van der Waals surface area contributed by atoms with Gasteiger partial charge in [-0.2, -0.15) is 0 Å². The molecule has 0 saturated carbocycles. The van der Waals surface area contributed by atoms with Crippen molar-refractivity contribution >= 4 is 24.0 Å². The van der Waals surface area contributed by atoms with Gasteiger partial charge in [-0.1, -0.05) is 0 Å². The summed E-state index contributed by atoms with van der Waals surface area (Å²) < 4.78 is 0. The predicted octanol–water partition coefficient (Wildman–Crippen LogP) is -3.47. The normalized spacial score (nSPS) is 20.4. The van der Waals surface area contributed by atoms with Gasteiger partial charge in [0, 0.05) is 0 Å². The lowest BCUT2D eigenvalue weighted by Crippen LogP contribution is -2.60. The Balaban J connectivity index is 0. The van der Waals surface area contributed by atoms with Crippen molar-refractivity contribution in [2.24, 2.45) is 5.73 Å². The van der Waals surface area contributed by atoms with Crippen LogP contribution in [-0.4, -0.2) is 73.7 Å². The highest BCUT2D eigenvalue weighted by Crippen LogP contribution is 2.12. The van der Waals surface area contributed by atoms with Crippen LogP contribution in [0.25, 0.3) is 0 Å². The summed E-state index contributed by atoms with van der Waals surface area (Å²) in [6.45, 7) is 3.20. The van der Waals surface area contributed by atoms with Crippen LogP contribution in [0.1, 0.15) is 6.92 Å². The van der Waals surface area contributed by atoms with Crippen molar-refractivity contribution < 1.29 is 35.1 Å². The minimum absolute atomic E-state index is 0. The summed E-state index contributed by atoms with van der Waals surface area (Å²) in [6, 6.07) is 0. The van der Waals surface area contributed by atoms with E-state index >= 15 is 0 Å². The third kappa shape index (κ3) is 4.77. The van der Waals surface area contributed by atoms with Crippen LogP contribution < -0.4 is 5.73 Å². The molecule has 113 valence electrons. The van der Waals surface area contributed by atoms with Gasteiger partial charge in [-0.3, -0.25) is 9.59 Å². The number of hydrogen-bond donors (Lipinski definition) is 6. The number of nitrogens with two attached hydrogens (primary N) is 1. The van der Waals surface area contributed by atoms with Crippen LogP contribution in [0.2, 0.25) is 0 Å². The molecule has 0 spiro atoms. The largest absolute Gasteiger partial charge is 0.394 e. The monoisotopic (exact) mass is 300 g/mol. The van der Waals surface area contributed by atoms with E-state index < -0.39 is 48.1 Å². The molecule has 0 aliphatic rings. The molecule has 19 heavy (non-hydrogen) atoms. The average molecular weight is 301 g/mol. The Morgan fingerprint density at radius 3 is 1.95 bits per heavy atom. The first-order chi connectivity index (χ1) is 8.07. The Labute approximate surface area is 116 Å². The number of Topliss-reactive ketones (excluding diaryl/α,β-unsaturated/α-hetero) is 2. The zero-order valence-electron chi connectivity index (χ0n) is 10.3. The fraction of sp³-hybridized carbons (Fsp3) is 0.700. The van der Waals surface area contributed by atoms with Crippen molar-refractivity contribution in [1.29, 1.82) is 0 Å². The number of rotatable bonds is 7. The van der Waals surface area contributed by atoms with Gasteiger partial charge in [0.05, 0.1) is 6.61 Å². The van der Waals surface area contributed by atoms with Crippen molar-refractivity contribution in [3.63, 3.8) is 0 Å². The summed E-state index contributed by atoms with van der Waals surface area (Å²) in [7, 11) is 0. The van der Waals surface area contributed by atoms with Gasteiger partial charge in [0.25, 0.3) is 0 Å². The lowest BCUT2D eigenvalue weighted by atomic mass is 9.86. The van der Waals surface area contributed by atoms with Gasteiger partial charge in [-0.05, 0) is 13.8 Å². The molecular formula is C10H19ClNO7. The molecule has 0 heterocycles. The molecule has 0 aromatic rings. The highest BCUT2D eigenvalue weighted by molar-refractivity contribution is 6.13. The van der Waals surface area contributed by atoms with Crippen LogP contribution in [0.15, 0.2) is 0 Å². The zero-order valence-corrected chi connectivity index (χ0v) is 11.1. The molecule has 1 radical (unpaired) electrons. The van der Waals surface area contributed by atoms with Crippen molar-refractivity contribution in [2.45, 2.75) is 36.9 Å². The molecule has 0 rings (SSSR count). The van der Waals surface area contributed by atoms with Crippen LogP contribution in [0.4, 0.5) is 0 Å². The van der Waals surface area contributed by atoms with Crippen molar-refractivity contribution in [1.82, 2.24) is 0 Å². The van der Waals surface area contributed by atoms with E-state index in [9.17, 15) is 24.9 Å². The maximum Gasteiger partial charge on any atom is 0.191 e. The van der Waals surface area contributed by atoms with E-state index in [1.807, 2.05) is 0 Å².